The van der Waals surface area contributed by atoms with Gasteiger partial charge in [-0.1, -0.05) is 0 Å². The summed E-state index contributed by atoms with van der Waals surface area (Å²) in [7, 11) is 0. The Morgan fingerprint density at radius 2 is 2.50 bits per heavy atom. The fraction of sp³-hybridized carbons (Fsp3) is 0.667. The van der Waals surface area contributed by atoms with Crippen molar-refractivity contribution < 1.29 is 9.90 Å². The first kappa shape index (κ1) is 6.87. The molecule has 1 heterocycles. The molecule has 0 aliphatic carbocycles. The van der Waals surface area contributed by atoms with Crippen LogP contribution in [0.15, 0.2) is 0 Å². The quantitative estimate of drug-likeness (QED) is 0.521. The smallest absolute Gasteiger partial charge is 0.327 e. The van der Waals surface area contributed by atoms with Crippen LogP contribution in [0.5, 0.6) is 0 Å². The van der Waals surface area contributed by atoms with Gasteiger partial charge in [-0.2, -0.15) is 5.26 Å². The molecule has 1 fully saturated rings. The molecule has 0 unspecified atom stereocenters. The molecule has 4 nitrogen and oxygen atoms in total. The minimum absolute atomic E-state index is 0.565. The summed E-state index contributed by atoms with van der Waals surface area (Å²) in [6, 6.07) is -0.565. The van der Waals surface area contributed by atoms with E-state index < -0.39 is 12.0 Å². The van der Waals surface area contributed by atoms with E-state index in [1.54, 1.807) is 0 Å². The highest BCUT2D eigenvalue weighted by molar-refractivity contribution is 5.74. The van der Waals surface area contributed by atoms with Crippen molar-refractivity contribution in [1.82, 2.24) is 4.90 Å². The normalized spacial score (nSPS) is 24.3. The molecule has 0 radical (unpaired) electrons. The second-order valence-corrected chi connectivity index (χ2v) is 2.29. The zero-order valence-corrected chi connectivity index (χ0v) is 5.45. The first-order valence-electron chi connectivity index (χ1n) is 3.15. The van der Waals surface area contributed by atoms with Gasteiger partial charge in [-0.15, -0.1) is 0 Å². The molecule has 4 heteroatoms. The average Bonchev–Trinajstić information content (AvgIpc) is 2.33. The van der Waals surface area contributed by atoms with Gasteiger partial charge in [0.2, 0.25) is 0 Å². The van der Waals surface area contributed by atoms with Crippen LogP contribution in [0.4, 0.5) is 0 Å². The second-order valence-electron chi connectivity index (χ2n) is 2.29. The minimum Gasteiger partial charge on any atom is -0.480 e. The van der Waals surface area contributed by atoms with Crippen molar-refractivity contribution >= 4 is 5.97 Å². The lowest BCUT2D eigenvalue weighted by atomic mass is 10.2. The summed E-state index contributed by atoms with van der Waals surface area (Å²) in [6.45, 7) is 0.591. The van der Waals surface area contributed by atoms with Gasteiger partial charge in [-0.3, -0.25) is 4.90 Å². The number of rotatable bonds is 1. The zero-order valence-electron chi connectivity index (χ0n) is 5.45. The number of carbonyl (C=O) groups is 1. The first-order valence-corrected chi connectivity index (χ1v) is 3.15. The molecule has 0 aromatic heterocycles. The highest BCUT2D eigenvalue weighted by Gasteiger charge is 2.29. The van der Waals surface area contributed by atoms with Crippen LogP contribution >= 0.6 is 0 Å². The molecule has 1 N–H and O–H groups in total. The SMILES string of the molecule is N#CN1CCC[C@H]1C(=O)O. The Kier molecular flexibility index (Phi) is 1.76. The van der Waals surface area contributed by atoms with E-state index in [9.17, 15) is 4.79 Å². The standard InChI is InChI=1S/C6H8N2O2/c7-4-8-3-1-2-5(8)6(9)10/h5H,1-3H2,(H,9,10)/t5-/m0/s1. The van der Waals surface area contributed by atoms with E-state index in [0.717, 1.165) is 6.42 Å². The fourth-order valence-corrected chi connectivity index (χ4v) is 1.14. The molecular weight excluding hydrogens is 132 g/mol. The van der Waals surface area contributed by atoms with Gasteiger partial charge in [-0.25, -0.2) is 4.79 Å². The van der Waals surface area contributed by atoms with Crippen molar-refractivity contribution in [3.63, 3.8) is 0 Å². The summed E-state index contributed by atoms with van der Waals surface area (Å²) in [6.07, 6.45) is 3.26. The minimum atomic E-state index is -0.890. The van der Waals surface area contributed by atoms with Gasteiger partial charge < -0.3 is 5.11 Å². The third kappa shape index (κ3) is 1.03. The van der Waals surface area contributed by atoms with Crippen molar-refractivity contribution in [2.24, 2.45) is 0 Å². The monoisotopic (exact) mass is 140 g/mol. The van der Waals surface area contributed by atoms with E-state index in [1.807, 2.05) is 6.19 Å². The van der Waals surface area contributed by atoms with Crippen LogP contribution in [-0.2, 0) is 4.79 Å². The lowest BCUT2D eigenvalue weighted by molar-refractivity contribution is -0.141. The maximum Gasteiger partial charge on any atom is 0.327 e. The fourth-order valence-electron chi connectivity index (χ4n) is 1.14. The zero-order chi connectivity index (χ0) is 7.56. The van der Waals surface area contributed by atoms with E-state index >= 15 is 0 Å². The van der Waals surface area contributed by atoms with E-state index in [0.29, 0.717) is 13.0 Å². The number of carboxylic acid groups (broad SMARTS) is 1. The Balaban J connectivity index is 2.61. The number of hydrogen-bond donors (Lipinski definition) is 1. The van der Waals surface area contributed by atoms with Gasteiger partial charge in [0.1, 0.15) is 6.04 Å². The van der Waals surface area contributed by atoms with E-state index in [2.05, 4.69) is 0 Å². The van der Waals surface area contributed by atoms with Crippen molar-refractivity contribution in [3.05, 3.63) is 0 Å². The topological polar surface area (TPSA) is 64.3 Å². The molecule has 1 aliphatic heterocycles. The van der Waals surface area contributed by atoms with Crippen LogP contribution in [0.2, 0.25) is 0 Å². The number of aliphatic carboxylic acids is 1. The highest BCUT2D eigenvalue weighted by Crippen LogP contribution is 2.15. The number of hydrogen-bond acceptors (Lipinski definition) is 3. The highest BCUT2D eigenvalue weighted by atomic mass is 16.4. The molecule has 0 saturated carbocycles. The Morgan fingerprint density at radius 3 is 2.90 bits per heavy atom. The molecule has 0 amide bonds. The maximum atomic E-state index is 10.4. The van der Waals surface area contributed by atoms with Gasteiger partial charge in [0.25, 0.3) is 0 Å². The lowest BCUT2D eigenvalue weighted by Gasteiger charge is -2.11. The van der Waals surface area contributed by atoms with Gasteiger partial charge in [0, 0.05) is 6.54 Å². The third-order valence-corrected chi connectivity index (χ3v) is 1.67. The Bertz CT molecular complexity index is 185. The predicted octanol–water partition coefficient (Wildman–Crippen LogP) is 0.0165. The predicted molar refractivity (Wildman–Crippen MR) is 33.0 cm³/mol. The van der Waals surface area contributed by atoms with E-state index in [1.165, 1.54) is 4.90 Å². The lowest BCUT2D eigenvalue weighted by Crippen LogP contribution is -2.31. The molecule has 0 spiro atoms. The second kappa shape index (κ2) is 2.56. The molecule has 1 saturated heterocycles. The molecule has 10 heavy (non-hydrogen) atoms. The summed E-state index contributed by atoms with van der Waals surface area (Å²) < 4.78 is 0. The molecule has 1 atom stereocenters. The molecule has 1 rings (SSSR count). The molecule has 54 valence electrons. The maximum absolute atomic E-state index is 10.4. The molecular formula is C6H8N2O2. The molecule has 0 aromatic rings. The average molecular weight is 140 g/mol. The summed E-state index contributed by atoms with van der Waals surface area (Å²) in [5, 5.41) is 16.9. The Labute approximate surface area is 58.7 Å². The van der Waals surface area contributed by atoms with Crippen molar-refractivity contribution in [2.75, 3.05) is 6.54 Å². The van der Waals surface area contributed by atoms with Crippen LogP contribution < -0.4 is 0 Å². The summed E-state index contributed by atoms with van der Waals surface area (Å²) >= 11 is 0. The Hall–Kier alpha value is -1.24. The molecule has 0 aromatic carbocycles. The largest absolute Gasteiger partial charge is 0.480 e. The summed E-state index contributed by atoms with van der Waals surface area (Å²) in [5.41, 5.74) is 0. The van der Waals surface area contributed by atoms with Crippen molar-refractivity contribution in [2.45, 2.75) is 18.9 Å². The van der Waals surface area contributed by atoms with Gasteiger partial charge in [0.05, 0.1) is 0 Å². The van der Waals surface area contributed by atoms with Crippen LogP contribution in [0.25, 0.3) is 0 Å². The van der Waals surface area contributed by atoms with Crippen molar-refractivity contribution in [1.29, 1.82) is 5.26 Å². The van der Waals surface area contributed by atoms with Gasteiger partial charge >= 0.3 is 5.97 Å². The van der Waals surface area contributed by atoms with Crippen LogP contribution in [-0.4, -0.2) is 28.6 Å². The van der Waals surface area contributed by atoms with E-state index in [-0.39, 0.29) is 0 Å². The summed E-state index contributed by atoms with van der Waals surface area (Å²) in [5.74, 6) is -0.890. The van der Waals surface area contributed by atoms with Gasteiger partial charge in [0.15, 0.2) is 6.19 Å². The van der Waals surface area contributed by atoms with Crippen LogP contribution in [0.3, 0.4) is 0 Å². The third-order valence-electron chi connectivity index (χ3n) is 1.67. The summed E-state index contributed by atoms with van der Waals surface area (Å²) in [4.78, 5) is 11.7. The number of nitriles is 1. The number of likely N-dealkylation sites (tertiary alicyclic amines) is 1. The van der Waals surface area contributed by atoms with E-state index in [4.69, 9.17) is 10.4 Å². The van der Waals surface area contributed by atoms with Crippen LogP contribution in [0, 0.1) is 11.5 Å². The van der Waals surface area contributed by atoms with Crippen molar-refractivity contribution in [3.8, 4) is 6.19 Å². The first-order chi connectivity index (χ1) is 4.75. The number of nitrogens with zero attached hydrogens (tertiary/aromatic N) is 2. The van der Waals surface area contributed by atoms with Gasteiger partial charge in [-0.05, 0) is 12.8 Å². The molecule has 0 bridgehead atoms. The molecule has 1 aliphatic rings. The Morgan fingerprint density at radius 1 is 1.80 bits per heavy atom. The van der Waals surface area contributed by atoms with Crippen LogP contribution in [0.1, 0.15) is 12.8 Å². The number of carboxylic acids is 1.